The molecule has 96 valence electrons. The molecule has 0 bridgehead atoms. The molecule has 0 fully saturated rings. The van der Waals surface area contributed by atoms with Crippen LogP contribution in [0.3, 0.4) is 0 Å². The van der Waals surface area contributed by atoms with Gasteiger partial charge >= 0.3 is 5.97 Å². The van der Waals surface area contributed by atoms with Crippen molar-refractivity contribution in [3.63, 3.8) is 0 Å². The predicted octanol–water partition coefficient (Wildman–Crippen LogP) is 2.55. The number of carbonyl (C=O) groups is 1. The second-order valence-electron chi connectivity index (χ2n) is 3.92. The van der Waals surface area contributed by atoms with Gasteiger partial charge in [-0.25, -0.2) is 14.8 Å². The van der Waals surface area contributed by atoms with E-state index in [1.807, 2.05) is 24.3 Å². The van der Waals surface area contributed by atoms with Crippen molar-refractivity contribution in [1.82, 2.24) is 9.97 Å². The van der Waals surface area contributed by atoms with Gasteiger partial charge in [0, 0.05) is 17.3 Å². The lowest BCUT2D eigenvalue weighted by atomic mass is 10.4. The summed E-state index contributed by atoms with van der Waals surface area (Å²) in [6.07, 6.45) is 0. The maximum Gasteiger partial charge on any atom is 0.355 e. The topological polar surface area (TPSA) is 66.3 Å². The molecule has 1 N–H and O–H groups in total. The summed E-state index contributed by atoms with van der Waals surface area (Å²) >= 11 is 2.99. The van der Waals surface area contributed by atoms with Gasteiger partial charge in [0.15, 0.2) is 10.8 Å². The van der Waals surface area contributed by atoms with Gasteiger partial charge in [0.05, 0.1) is 17.2 Å². The Balaban J connectivity index is 2.16. The molecular weight excluding hydrogens is 270 g/mol. The lowest BCUT2D eigenvalue weighted by molar-refractivity contribution is 0.0690. The first-order valence-corrected chi connectivity index (χ1v) is 7.00. The number of carboxylic acid groups (broad SMARTS) is 1. The Bertz CT molecular complexity index is 577. The molecule has 0 aliphatic rings. The zero-order valence-electron chi connectivity index (χ0n) is 10.3. The average molecular weight is 283 g/mol. The van der Waals surface area contributed by atoms with Crippen LogP contribution in [0.25, 0.3) is 0 Å². The summed E-state index contributed by atoms with van der Waals surface area (Å²) in [6.45, 7) is 4.37. The summed E-state index contributed by atoms with van der Waals surface area (Å²) in [4.78, 5) is 22.1. The fourth-order valence-corrected chi connectivity index (χ4v) is 3.00. The number of rotatable bonds is 4. The van der Waals surface area contributed by atoms with Crippen LogP contribution in [-0.2, 0) is 6.54 Å². The van der Waals surface area contributed by atoms with Crippen LogP contribution in [0.4, 0.5) is 5.13 Å². The lowest BCUT2D eigenvalue weighted by Crippen LogP contribution is -2.16. The van der Waals surface area contributed by atoms with E-state index in [-0.39, 0.29) is 5.69 Å². The van der Waals surface area contributed by atoms with E-state index in [1.165, 1.54) is 11.3 Å². The standard InChI is InChI=1S/C11H13N3O2S2/c1-6-9(10(15)16)13-11(18-6)14(3)4-8-5-17-7(2)12-8/h5H,4H2,1-3H3,(H,15,16). The molecule has 18 heavy (non-hydrogen) atoms. The molecule has 0 aliphatic carbocycles. The molecule has 7 heteroatoms. The summed E-state index contributed by atoms with van der Waals surface area (Å²) in [5.74, 6) is -0.979. The Kier molecular flexibility index (Phi) is 3.63. The molecule has 5 nitrogen and oxygen atoms in total. The third-order valence-electron chi connectivity index (χ3n) is 2.38. The summed E-state index contributed by atoms with van der Waals surface area (Å²) in [5, 5.41) is 12.7. The third-order valence-corrected chi connectivity index (χ3v) is 4.29. The minimum absolute atomic E-state index is 0.135. The molecule has 0 aliphatic heterocycles. The van der Waals surface area contributed by atoms with Crippen LogP contribution in [0.2, 0.25) is 0 Å². The first kappa shape index (κ1) is 13.0. The van der Waals surface area contributed by atoms with Gasteiger partial charge in [0.1, 0.15) is 0 Å². The second kappa shape index (κ2) is 5.03. The number of aromatic nitrogens is 2. The molecule has 2 aromatic rings. The minimum atomic E-state index is -0.979. The highest BCUT2D eigenvalue weighted by atomic mass is 32.1. The van der Waals surface area contributed by atoms with Gasteiger partial charge in [-0.15, -0.1) is 22.7 Å². The van der Waals surface area contributed by atoms with Gasteiger partial charge in [-0.1, -0.05) is 0 Å². The summed E-state index contributed by atoms with van der Waals surface area (Å²) in [5.41, 5.74) is 1.11. The maximum absolute atomic E-state index is 10.9. The van der Waals surface area contributed by atoms with Crippen molar-refractivity contribution in [2.24, 2.45) is 0 Å². The predicted molar refractivity (Wildman–Crippen MR) is 72.8 cm³/mol. The Labute approximate surface area is 113 Å². The van der Waals surface area contributed by atoms with E-state index in [1.54, 1.807) is 18.3 Å². The molecule has 0 spiro atoms. The molecule has 0 amide bonds. The van der Waals surface area contributed by atoms with Crippen LogP contribution >= 0.6 is 22.7 Å². The normalized spacial score (nSPS) is 10.6. The van der Waals surface area contributed by atoms with Crippen LogP contribution in [0.5, 0.6) is 0 Å². The van der Waals surface area contributed by atoms with E-state index in [0.29, 0.717) is 11.7 Å². The van der Waals surface area contributed by atoms with Gasteiger partial charge in [0.2, 0.25) is 0 Å². The van der Waals surface area contributed by atoms with Crippen LogP contribution in [0.15, 0.2) is 5.38 Å². The number of aromatic carboxylic acids is 1. The first-order chi connectivity index (χ1) is 8.47. The van der Waals surface area contributed by atoms with Crippen molar-refractivity contribution in [3.05, 3.63) is 26.7 Å². The average Bonchev–Trinajstić information content (AvgIpc) is 2.85. The van der Waals surface area contributed by atoms with E-state index in [9.17, 15) is 4.79 Å². The molecule has 2 heterocycles. The maximum atomic E-state index is 10.9. The SMILES string of the molecule is Cc1nc(CN(C)c2nc(C(=O)O)c(C)s2)cs1. The zero-order chi connectivity index (χ0) is 13.3. The van der Waals surface area contributed by atoms with Crippen LogP contribution < -0.4 is 4.90 Å². The Morgan fingerprint density at radius 3 is 2.67 bits per heavy atom. The smallest absolute Gasteiger partial charge is 0.355 e. The highest BCUT2D eigenvalue weighted by Crippen LogP contribution is 2.26. The van der Waals surface area contributed by atoms with Gasteiger partial charge in [-0.3, -0.25) is 0 Å². The van der Waals surface area contributed by atoms with Crippen LogP contribution in [0.1, 0.15) is 26.1 Å². The Hall–Kier alpha value is -1.47. The highest BCUT2D eigenvalue weighted by Gasteiger charge is 2.16. The fourth-order valence-electron chi connectivity index (χ4n) is 1.54. The van der Waals surface area contributed by atoms with E-state index in [0.717, 1.165) is 15.6 Å². The van der Waals surface area contributed by atoms with E-state index in [4.69, 9.17) is 5.11 Å². The van der Waals surface area contributed by atoms with Gasteiger partial charge in [-0.2, -0.15) is 0 Å². The molecule has 2 aromatic heterocycles. The number of aryl methyl sites for hydroxylation is 2. The molecule has 0 unspecified atom stereocenters. The third kappa shape index (κ3) is 2.68. The number of hydrogen-bond donors (Lipinski definition) is 1. The number of hydrogen-bond acceptors (Lipinski definition) is 6. The second-order valence-corrected chi connectivity index (χ2v) is 6.16. The molecule has 0 saturated heterocycles. The monoisotopic (exact) mass is 283 g/mol. The van der Waals surface area contributed by atoms with Crippen molar-refractivity contribution < 1.29 is 9.90 Å². The summed E-state index contributed by atoms with van der Waals surface area (Å²) in [7, 11) is 1.89. The van der Waals surface area contributed by atoms with Gasteiger partial charge in [0.25, 0.3) is 0 Å². The van der Waals surface area contributed by atoms with E-state index in [2.05, 4.69) is 9.97 Å². The number of thiazole rings is 2. The van der Waals surface area contributed by atoms with Gasteiger partial charge < -0.3 is 10.0 Å². The lowest BCUT2D eigenvalue weighted by Gasteiger charge is -2.13. The van der Waals surface area contributed by atoms with Gasteiger partial charge in [-0.05, 0) is 13.8 Å². The molecule has 0 atom stereocenters. The van der Waals surface area contributed by atoms with Crippen LogP contribution in [0, 0.1) is 13.8 Å². The first-order valence-electron chi connectivity index (χ1n) is 5.30. The number of carboxylic acids is 1. The van der Waals surface area contributed by atoms with Crippen molar-refractivity contribution in [3.8, 4) is 0 Å². The van der Waals surface area contributed by atoms with E-state index >= 15 is 0 Å². The zero-order valence-corrected chi connectivity index (χ0v) is 11.9. The van der Waals surface area contributed by atoms with Crippen LogP contribution in [-0.4, -0.2) is 28.1 Å². The van der Waals surface area contributed by atoms with Crippen molar-refractivity contribution in [2.75, 3.05) is 11.9 Å². The minimum Gasteiger partial charge on any atom is -0.476 e. The highest BCUT2D eigenvalue weighted by molar-refractivity contribution is 7.15. The van der Waals surface area contributed by atoms with Crippen molar-refractivity contribution in [1.29, 1.82) is 0 Å². The Morgan fingerprint density at radius 2 is 2.17 bits per heavy atom. The molecule has 2 rings (SSSR count). The molecule has 0 aromatic carbocycles. The number of nitrogens with zero attached hydrogens (tertiary/aromatic N) is 3. The molecule has 0 radical (unpaired) electrons. The molecule has 0 saturated carbocycles. The van der Waals surface area contributed by atoms with Crippen molar-refractivity contribution >= 4 is 33.8 Å². The van der Waals surface area contributed by atoms with E-state index < -0.39 is 5.97 Å². The largest absolute Gasteiger partial charge is 0.476 e. The Morgan fingerprint density at radius 1 is 1.44 bits per heavy atom. The quantitative estimate of drug-likeness (QED) is 0.934. The summed E-state index contributed by atoms with van der Waals surface area (Å²) < 4.78 is 0. The fraction of sp³-hybridized carbons (Fsp3) is 0.364. The van der Waals surface area contributed by atoms with Crippen molar-refractivity contribution in [2.45, 2.75) is 20.4 Å². The number of anilines is 1. The molecular formula is C11H13N3O2S2. The summed E-state index contributed by atoms with van der Waals surface area (Å²) in [6, 6.07) is 0.